The minimum atomic E-state index is -0.388. The number of rotatable bonds is 5. The van der Waals surface area contributed by atoms with Crippen LogP contribution in [-0.2, 0) is 0 Å². The summed E-state index contributed by atoms with van der Waals surface area (Å²) in [6, 6.07) is 16.8. The summed E-state index contributed by atoms with van der Waals surface area (Å²) in [5, 5.41) is 5.63. The summed E-state index contributed by atoms with van der Waals surface area (Å²) in [5.74, 6) is 0.733. The highest BCUT2D eigenvalue weighted by Crippen LogP contribution is 2.28. The molecule has 0 saturated heterocycles. The van der Waals surface area contributed by atoms with E-state index < -0.39 is 0 Å². The maximum atomic E-state index is 12.3. The molecule has 0 aliphatic rings. The molecule has 7 heteroatoms. The third kappa shape index (κ3) is 3.58. The molecule has 4 rings (SSSR count). The molecular formula is C20H15N3O3S. The number of para-hydroxylation sites is 2. The lowest BCUT2D eigenvalue weighted by Gasteiger charge is -2.02. The largest absolute Gasteiger partial charge is 0.496 e. The second kappa shape index (κ2) is 7.43. The zero-order valence-corrected chi connectivity index (χ0v) is 15.2. The molecule has 0 spiro atoms. The molecule has 0 unspecified atom stereocenters. The molecule has 0 aliphatic heterocycles. The summed E-state index contributed by atoms with van der Waals surface area (Å²) >= 11 is 1.33. The minimum absolute atomic E-state index is 0.388. The Labute approximate surface area is 158 Å². The lowest BCUT2D eigenvalue weighted by atomic mass is 10.2. The molecule has 0 amide bonds. The third-order valence-electron chi connectivity index (χ3n) is 3.92. The van der Waals surface area contributed by atoms with Crippen molar-refractivity contribution in [2.45, 2.75) is 0 Å². The molecule has 0 saturated carbocycles. The average Bonchev–Trinajstić information content (AvgIpc) is 3.16. The Morgan fingerprint density at radius 3 is 2.89 bits per heavy atom. The molecule has 0 atom stereocenters. The van der Waals surface area contributed by atoms with Crippen LogP contribution in [0.15, 0.2) is 75.1 Å². The molecule has 2 aromatic heterocycles. The quantitative estimate of drug-likeness (QED) is 0.317. The maximum absolute atomic E-state index is 12.3. The Hall–Kier alpha value is -3.45. The third-order valence-corrected chi connectivity index (χ3v) is 4.85. The van der Waals surface area contributed by atoms with Crippen molar-refractivity contribution in [2.24, 2.45) is 5.10 Å². The number of nitrogens with one attached hydrogen (secondary N) is 1. The van der Waals surface area contributed by atoms with E-state index in [-0.39, 0.29) is 5.63 Å². The van der Waals surface area contributed by atoms with Gasteiger partial charge in [-0.05, 0) is 24.3 Å². The number of hydrazone groups is 1. The number of anilines is 1. The molecule has 2 aromatic carbocycles. The summed E-state index contributed by atoms with van der Waals surface area (Å²) < 4.78 is 10.7. The molecule has 4 aromatic rings. The van der Waals surface area contributed by atoms with E-state index in [1.165, 1.54) is 11.3 Å². The van der Waals surface area contributed by atoms with Crippen molar-refractivity contribution in [2.75, 3.05) is 12.5 Å². The van der Waals surface area contributed by atoms with Gasteiger partial charge < -0.3 is 9.15 Å². The van der Waals surface area contributed by atoms with Crippen LogP contribution < -0.4 is 15.8 Å². The van der Waals surface area contributed by atoms with Crippen LogP contribution in [0.1, 0.15) is 5.56 Å². The standard InChI is InChI=1S/C20H15N3O3S/c1-25-16-8-4-3-7-14(16)11-22-23-20-21-12-18(27-20)15-10-13-6-2-5-9-17(13)26-19(15)24/h2-12H,1H3,(H,21,23)/b22-11-. The number of nitrogens with zero attached hydrogens (tertiary/aromatic N) is 2. The number of thiazole rings is 1. The summed E-state index contributed by atoms with van der Waals surface area (Å²) in [6.45, 7) is 0. The van der Waals surface area contributed by atoms with Gasteiger partial charge in [-0.2, -0.15) is 5.10 Å². The number of aromatic nitrogens is 1. The molecule has 27 heavy (non-hydrogen) atoms. The molecule has 0 radical (unpaired) electrons. The highest BCUT2D eigenvalue weighted by Gasteiger charge is 2.11. The van der Waals surface area contributed by atoms with E-state index in [1.54, 1.807) is 25.6 Å². The first-order valence-corrected chi connectivity index (χ1v) is 8.97. The Morgan fingerprint density at radius 1 is 1.19 bits per heavy atom. The molecule has 134 valence electrons. The van der Waals surface area contributed by atoms with Crippen LogP contribution in [0.25, 0.3) is 21.4 Å². The van der Waals surface area contributed by atoms with Crippen molar-refractivity contribution in [3.8, 4) is 16.2 Å². The first-order chi connectivity index (χ1) is 13.2. The maximum Gasteiger partial charge on any atom is 0.345 e. The van der Waals surface area contributed by atoms with E-state index in [2.05, 4.69) is 15.5 Å². The summed E-state index contributed by atoms with van der Waals surface area (Å²) in [6.07, 6.45) is 3.29. The fourth-order valence-corrected chi connectivity index (χ4v) is 3.38. The molecule has 1 N–H and O–H groups in total. The van der Waals surface area contributed by atoms with E-state index in [9.17, 15) is 4.79 Å². The van der Waals surface area contributed by atoms with Crippen LogP contribution in [0.2, 0.25) is 0 Å². The van der Waals surface area contributed by atoms with E-state index in [0.29, 0.717) is 21.2 Å². The van der Waals surface area contributed by atoms with Crippen molar-refractivity contribution in [3.05, 3.63) is 76.8 Å². The molecule has 0 bridgehead atoms. The fourth-order valence-electron chi connectivity index (χ4n) is 2.61. The van der Waals surface area contributed by atoms with Gasteiger partial charge in [0.1, 0.15) is 11.3 Å². The predicted molar refractivity (Wildman–Crippen MR) is 108 cm³/mol. The van der Waals surface area contributed by atoms with Crippen LogP contribution in [0.3, 0.4) is 0 Å². The number of hydrogen-bond acceptors (Lipinski definition) is 7. The number of methoxy groups -OCH3 is 1. The average molecular weight is 377 g/mol. The number of fused-ring (bicyclic) bond motifs is 1. The molecular weight excluding hydrogens is 362 g/mol. The normalized spacial score (nSPS) is 11.1. The number of ether oxygens (including phenoxy) is 1. The van der Waals surface area contributed by atoms with Gasteiger partial charge >= 0.3 is 5.63 Å². The second-order valence-corrected chi connectivity index (χ2v) is 6.66. The van der Waals surface area contributed by atoms with Gasteiger partial charge in [0.25, 0.3) is 0 Å². The van der Waals surface area contributed by atoms with Crippen LogP contribution in [0.4, 0.5) is 5.13 Å². The SMILES string of the molecule is COc1ccccc1/C=N\Nc1ncc(-c2cc3ccccc3oc2=O)s1. The van der Waals surface area contributed by atoms with Gasteiger partial charge in [0.15, 0.2) is 0 Å². The van der Waals surface area contributed by atoms with Gasteiger partial charge in [0, 0.05) is 17.1 Å². The highest BCUT2D eigenvalue weighted by molar-refractivity contribution is 7.18. The zero-order valence-electron chi connectivity index (χ0n) is 14.4. The Morgan fingerprint density at radius 2 is 2.00 bits per heavy atom. The van der Waals surface area contributed by atoms with Crippen molar-refractivity contribution in [1.82, 2.24) is 4.98 Å². The molecule has 0 aliphatic carbocycles. The Balaban J connectivity index is 1.56. The molecule has 6 nitrogen and oxygen atoms in total. The summed E-state index contributed by atoms with van der Waals surface area (Å²) in [7, 11) is 1.61. The lowest BCUT2D eigenvalue weighted by molar-refractivity contribution is 0.414. The summed E-state index contributed by atoms with van der Waals surface area (Å²) in [5.41, 5.74) is 4.38. The highest BCUT2D eigenvalue weighted by atomic mass is 32.1. The van der Waals surface area contributed by atoms with Gasteiger partial charge in [-0.25, -0.2) is 9.78 Å². The van der Waals surface area contributed by atoms with E-state index in [0.717, 1.165) is 16.7 Å². The Kier molecular flexibility index (Phi) is 4.67. The monoisotopic (exact) mass is 377 g/mol. The van der Waals surface area contributed by atoms with Gasteiger partial charge in [0.2, 0.25) is 5.13 Å². The van der Waals surface area contributed by atoms with Gasteiger partial charge in [-0.1, -0.05) is 41.7 Å². The smallest absolute Gasteiger partial charge is 0.345 e. The summed E-state index contributed by atoms with van der Waals surface area (Å²) in [4.78, 5) is 17.2. The van der Waals surface area contributed by atoms with Crippen LogP contribution in [0, 0.1) is 0 Å². The number of benzene rings is 2. The van der Waals surface area contributed by atoms with Gasteiger partial charge in [-0.3, -0.25) is 5.43 Å². The van der Waals surface area contributed by atoms with Crippen molar-refractivity contribution in [1.29, 1.82) is 0 Å². The van der Waals surface area contributed by atoms with E-state index in [1.807, 2.05) is 48.5 Å². The fraction of sp³-hybridized carbons (Fsp3) is 0.0500. The lowest BCUT2D eigenvalue weighted by Crippen LogP contribution is -2.01. The molecule has 2 heterocycles. The number of hydrogen-bond donors (Lipinski definition) is 1. The first kappa shape index (κ1) is 17.0. The predicted octanol–water partition coefficient (Wildman–Crippen LogP) is 4.37. The van der Waals surface area contributed by atoms with Crippen LogP contribution in [0.5, 0.6) is 5.75 Å². The molecule has 0 fully saturated rings. The van der Waals surface area contributed by atoms with E-state index in [4.69, 9.17) is 9.15 Å². The van der Waals surface area contributed by atoms with E-state index >= 15 is 0 Å². The van der Waals surface area contributed by atoms with Gasteiger partial charge in [-0.15, -0.1) is 0 Å². The van der Waals surface area contributed by atoms with Crippen molar-refractivity contribution < 1.29 is 9.15 Å². The van der Waals surface area contributed by atoms with Crippen LogP contribution >= 0.6 is 11.3 Å². The van der Waals surface area contributed by atoms with Gasteiger partial charge in [0.05, 0.1) is 23.8 Å². The van der Waals surface area contributed by atoms with Crippen molar-refractivity contribution >= 4 is 33.7 Å². The topological polar surface area (TPSA) is 76.7 Å². The minimum Gasteiger partial charge on any atom is -0.496 e. The second-order valence-electron chi connectivity index (χ2n) is 5.63. The van der Waals surface area contributed by atoms with Crippen molar-refractivity contribution in [3.63, 3.8) is 0 Å². The van der Waals surface area contributed by atoms with Crippen LogP contribution in [-0.4, -0.2) is 18.3 Å². The first-order valence-electron chi connectivity index (χ1n) is 8.16. The Bertz CT molecular complexity index is 1180. The zero-order chi connectivity index (χ0) is 18.6.